The molecule has 0 saturated heterocycles. The molecule has 2 heterocycles. The van der Waals surface area contributed by atoms with Gasteiger partial charge in [0.1, 0.15) is 0 Å². The van der Waals surface area contributed by atoms with E-state index in [1.165, 1.54) is 17.9 Å². The van der Waals surface area contributed by atoms with E-state index in [0.29, 0.717) is 11.5 Å². The van der Waals surface area contributed by atoms with Crippen LogP contribution in [-0.2, 0) is 4.74 Å². The van der Waals surface area contributed by atoms with Gasteiger partial charge in [0.25, 0.3) is 0 Å². The first-order valence-electron chi connectivity index (χ1n) is 15.6. The maximum absolute atomic E-state index is 13.0. The third-order valence-electron chi connectivity index (χ3n) is 9.11. The largest absolute Gasteiger partial charge is 0.465 e. The summed E-state index contributed by atoms with van der Waals surface area (Å²) in [5.41, 5.74) is 7.12. The molecule has 0 N–H and O–H groups in total. The van der Waals surface area contributed by atoms with Gasteiger partial charge in [-0.3, -0.25) is 4.57 Å². The molecule has 0 spiro atoms. The van der Waals surface area contributed by atoms with E-state index in [1.54, 1.807) is 0 Å². The third kappa shape index (κ3) is 4.28. The van der Waals surface area contributed by atoms with Crippen LogP contribution in [0.4, 0.5) is 0 Å². The fourth-order valence-electron chi connectivity index (χ4n) is 6.93. The van der Waals surface area contributed by atoms with Gasteiger partial charge < -0.3 is 4.74 Å². The van der Waals surface area contributed by atoms with E-state index in [2.05, 4.69) is 102 Å². The highest BCUT2D eigenvalue weighted by molar-refractivity contribution is 6.13. The average Bonchev–Trinajstić information content (AvgIpc) is 3.47. The Morgan fingerprint density at radius 3 is 2.06 bits per heavy atom. The summed E-state index contributed by atoms with van der Waals surface area (Å²) < 4.78 is 7.36. The Labute approximate surface area is 270 Å². The van der Waals surface area contributed by atoms with Gasteiger partial charge in [-0.2, -0.15) is 0 Å². The van der Waals surface area contributed by atoms with Crippen molar-refractivity contribution in [3.05, 3.63) is 151 Å². The minimum absolute atomic E-state index is 0.362. The van der Waals surface area contributed by atoms with Crippen molar-refractivity contribution < 1.29 is 9.53 Å². The molecule has 5 nitrogen and oxygen atoms in total. The van der Waals surface area contributed by atoms with Gasteiger partial charge in [-0.25, -0.2) is 14.8 Å². The summed E-state index contributed by atoms with van der Waals surface area (Å²) in [6.07, 6.45) is 0. The molecule has 9 aromatic rings. The number of hydrogen-bond donors (Lipinski definition) is 0. The van der Waals surface area contributed by atoms with Crippen molar-refractivity contribution in [2.45, 2.75) is 0 Å². The number of esters is 1. The van der Waals surface area contributed by atoms with Crippen molar-refractivity contribution in [2.75, 3.05) is 7.11 Å². The topological polar surface area (TPSA) is 57.0 Å². The summed E-state index contributed by atoms with van der Waals surface area (Å²) in [5.74, 6) is 0.241. The van der Waals surface area contributed by atoms with Crippen LogP contribution in [0, 0.1) is 0 Å². The molecule has 0 unspecified atom stereocenters. The number of fused-ring (bicyclic) bond motifs is 6. The van der Waals surface area contributed by atoms with E-state index in [-0.39, 0.29) is 5.97 Å². The predicted octanol–water partition coefficient (Wildman–Crippen LogP) is 10.2. The second kappa shape index (κ2) is 10.6. The standard InChI is InChI=1S/C42H27N3O2/c1-47-41(46)34-22-20-27-11-4-5-13-31(27)39(34)29-21-23-38-35(25-29)32-14-7-9-17-37(32)45(38)42-43-36-16-8-6-15-33(36)40(44-42)30-19-18-26-10-2-3-12-28(26)24-30/h2-25H,1H3. The first kappa shape index (κ1) is 27.0. The molecule has 0 fully saturated rings. The first-order valence-corrected chi connectivity index (χ1v) is 15.6. The van der Waals surface area contributed by atoms with Gasteiger partial charge in [0.05, 0.1) is 34.9 Å². The monoisotopic (exact) mass is 605 g/mol. The smallest absolute Gasteiger partial charge is 0.338 e. The molecule has 0 amide bonds. The molecule has 0 aliphatic heterocycles. The van der Waals surface area contributed by atoms with Crippen LogP contribution in [0.25, 0.3) is 82.6 Å². The molecule has 47 heavy (non-hydrogen) atoms. The van der Waals surface area contributed by atoms with Crippen molar-refractivity contribution in [1.82, 2.24) is 14.5 Å². The van der Waals surface area contributed by atoms with Crippen LogP contribution >= 0.6 is 0 Å². The summed E-state index contributed by atoms with van der Waals surface area (Å²) in [6, 6.07) is 49.7. The van der Waals surface area contributed by atoms with Crippen LogP contribution in [-0.4, -0.2) is 27.6 Å². The van der Waals surface area contributed by atoms with Crippen LogP contribution < -0.4 is 0 Å². The van der Waals surface area contributed by atoms with Gasteiger partial charge in [-0.15, -0.1) is 0 Å². The van der Waals surface area contributed by atoms with E-state index >= 15 is 0 Å². The van der Waals surface area contributed by atoms with Gasteiger partial charge in [0.2, 0.25) is 5.95 Å². The Morgan fingerprint density at radius 1 is 0.553 bits per heavy atom. The molecule has 9 rings (SSSR count). The van der Waals surface area contributed by atoms with Crippen LogP contribution in [0.5, 0.6) is 0 Å². The van der Waals surface area contributed by atoms with Crippen LogP contribution in [0.2, 0.25) is 0 Å². The highest BCUT2D eigenvalue weighted by Gasteiger charge is 2.21. The van der Waals surface area contributed by atoms with E-state index in [4.69, 9.17) is 14.7 Å². The number of aromatic nitrogens is 3. The lowest BCUT2D eigenvalue weighted by molar-refractivity contribution is 0.0601. The molecule has 0 saturated carbocycles. The lowest BCUT2D eigenvalue weighted by Gasteiger charge is -2.14. The second-order valence-electron chi connectivity index (χ2n) is 11.7. The molecule has 0 radical (unpaired) electrons. The first-order chi connectivity index (χ1) is 23.2. The molecule has 7 aromatic carbocycles. The maximum atomic E-state index is 13.0. The van der Waals surface area contributed by atoms with Crippen LogP contribution in [0.3, 0.4) is 0 Å². The van der Waals surface area contributed by atoms with Crippen LogP contribution in [0.15, 0.2) is 146 Å². The fraction of sp³-hybridized carbons (Fsp3) is 0.0238. The summed E-state index contributed by atoms with van der Waals surface area (Å²) in [7, 11) is 1.42. The van der Waals surface area contributed by atoms with Crippen molar-refractivity contribution in [3.63, 3.8) is 0 Å². The number of hydrogen-bond acceptors (Lipinski definition) is 4. The molecular formula is C42H27N3O2. The highest BCUT2D eigenvalue weighted by Crippen LogP contribution is 2.39. The molecule has 0 atom stereocenters. The number of ether oxygens (including phenoxy) is 1. The SMILES string of the molecule is COC(=O)c1ccc2ccccc2c1-c1ccc2c(c1)c1ccccc1n2-c1nc(-c2ccc3ccccc3c2)c2ccccc2n1. The predicted molar refractivity (Wildman–Crippen MR) is 191 cm³/mol. The molecular weight excluding hydrogens is 578 g/mol. The molecule has 0 aliphatic carbocycles. The zero-order valence-electron chi connectivity index (χ0n) is 25.5. The minimum Gasteiger partial charge on any atom is -0.465 e. The van der Waals surface area contributed by atoms with Crippen molar-refractivity contribution >= 4 is 60.2 Å². The highest BCUT2D eigenvalue weighted by atomic mass is 16.5. The third-order valence-corrected chi connectivity index (χ3v) is 9.11. The second-order valence-corrected chi connectivity index (χ2v) is 11.7. The summed E-state index contributed by atoms with van der Waals surface area (Å²) in [5, 5.41) is 7.53. The number of rotatable bonds is 4. The van der Waals surface area contributed by atoms with E-state index < -0.39 is 0 Å². The van der Waals surface area contributed by atoms with Crippen LogP contribution in [0.1, 0.15) is 10.4 Å². The summed E-state index contributed by atoms with van der Waals surface area (Å²) >= 11 is 0. The van der Waals surface area contributed by atoms with E-state index in [9.17, 15) is 4.79 Å². The lowest BCUT2D eigenvalue weighted by atomic mass is 9.92. The summed E-state index contributed by atoms with van der Waals surface area (Å²) in [4.78, 5) is 23.4. The Bertz CT molecular complexity index is 2710. The zero-order chi connectivity index (χ0) is 31.5. The Hall–Kier alpha value is -6.33. The number of carbonyl (C=O) groups excluding carboxylic acids is 1. The van der Waals surface area contributed by atoms with Gasteiger partial charge in [-0.1, -0.05) is 109 Å². The van der Waals surface area contributed by atoms with Gasteiger partial charge in [0.15, 0.2) is 0 Å². The normalized spacial score (nSPS) is 11.6. The maximum Gasteiger partial charge on any atom is 0.338 e. The van der Waals surface area contributed by atoms with Crippen molar-refractivity contribution in [3.8, 4) is 28.3 Å². The van der Waals surface area contributed by atoms with Gasteiger partial charge in [0, 0.05) is 27.3 Å². The molecule has 0 aliphatic rings. The lowest BCUT2D eigenvalue weighted by Crippen LogP contribution is -2.04. The number of para-hydroxylation sites is 2. The summed E-state index contributed by atoms with van der Waals surface area (Å²) in [6.45, 7) is 0. The Balaban J connectivity index is 1.31. The van der Waals surface area contributed by atoms with Gasteiger partial charge >= 0.3 is 5.97 Å². The Kier molecular flexibility index (Phi) is 6.12. The molecule has 222 valence electrons. The molecule has 0 bridgehead atoms. The number of nitrogens with zero attached hydrogens (tertiary/aromatic N) is 3. The quantitative estimate of drug-likeness (QED) is 0.187. The number of methoxy groups -OCH3 is 1. The van der Waals surface area contributed by atoms with Gasteiger partial charge in [-0.05, 0) is 63.5 Å². The van der Waals surface area contributed by atoms with E-state index in [1.807, 2.05) is 48.5 Å². The molecule has 2 aromatic heterocycles. The number of benzene rings is 7. The zero-order valence-corrected chi connectivity index (χ0v) is 25.5. The van der Waals surface area contributed by atoms with Crippen molar-refractivity contribution in [2.24, 2.45) is 0 Å². The van der Waals surface area contributed by atoms with Crippen molar-refractivity contribution in [1.29, 1.82) is 0 Å². The minimum atomic E-state index is -0.362. The van der Waals surface area contributed by atoms with E-state index in [0.717, 1.165) is 65.9 Å². The molecule has 5 heteroatoms. The number of carbonyl (C=O) groups is 1. The average molecular weight is 606 g/mol. The Morgan fingerprint density at radius 2 is 1.21 bits per heavy atom. The fourth-order valence-corrected chi connectivity index (χ4v) is 6.93.